The van der Waals surface area contributed by atoms with E-state index in [0.29, 0.717) is 11.2 Å². The molecule has 0 saturated carbocycles. The number of thiazole rings is 1. The summed E-state index contributed by atoms with van der Waals surface area (Å²) >= 11 is 1.54. The molecule has 0 spiro atoms. The summed E-state index contributed by atoms with van der Waals surface area (Å²) in [5, 5.41) is 2.76. The first kappa shape index (κ1) is 12.8. The van der Waals surface area contributed by atoms with E-state index in [-0.39, 0.29) is 0 Å². The van der Waals surface area contributed by atoms with Gasteiger partial charge in [0.05, 0.1) is 5.69 Å². The summed E-state index contributed by atoms with van der Waals surface area (Å²) in [7, 11) is 2.23. The van der Waals surface area contributed by atoms with Gasteiger partial charge in [-0.2, -0.15) is 0 Å². The summed E-state index contributed by atoms with van der Waals surface area (Å²) in [6, 6.07) is 0.712. The van der Waals surface area contributed by atoms with Gasteiger partial charge in [-0.25, -0.2) is 4.98 Å². The molecule has 1 atom stereocenters. The molecule has 1 saturated heterocycles. The fraction of sp³-hybridized carbons (Fsp3) is 0.750. The minimum atomic E-state index is 0.685. The average molecular weight is 254 g/mol. The van der Waals surface area contributed by atoms with Gasteiger partial charge >= 0.3 is 0 Å². The number of nitrogens with two attached hydrogens (primary N) is 1. The van der Waals surface area contributed by atoms with E-state index in [1.54, 1.807) is 0 Å². The Balaban J connectivity index is 1.80. The van der Waals surface area contributed by atoms with Crippen LogP contribution in [0.25, 0.3) is 0 Å². The molecule has 0 bridgehead atoms. The van der Waals surface area contributed by atoms with Crippen LogP contribution >= 0.6 is 11.3 Å². The molecule has 1 unspecified atom stereocenters. The van der Waals surface area contributed by atoms with Crippen LogP contribution in [-0.2, 0) is 6.42 Å². The topological polar surface area (TPSA) is 45.4 Å². The van der Waals surface area contributed by atoms with Crippen molar-refractivity contribution in [1.29, 1.82) is 0 Å². The Morgan fingerprint density at radius 3 is 3.00 bits per heavy atom. The van der Waals surface area contributed by atoms with Crippen molar-refractivity contribution in [3.63, 3.8) is 0 Å². The lowest BCUT2D eigenvalue weighted by Gasteiger charge is -2.39. The molecule has 2 heterocycles. The molecule has 1 aliphatic heterocycles. The number of hydrogen-bond acceptors (Lipinski definition) is 5. The lowest BCUT2D eigenvalue weighted by atomic mass is 10.1. The van der Waals surface area contributed by atoms with E-state index in [1.807, 2.05) is 0 Å². The Bertz CT molecular complexity index is 352. The molecular weight excluding hydrogens is 232 g/mol. The first-order valence-electron chi connectivity index (χ1n) is 6.31. The monoisotopic (exact) mass is 254 g/mol. The van der Waals surface area contributed by atoms with Crippen molar-refractivity contribution in [2.24, 2.45) is 0 Å². The molecule has 1 fully saturated rings. The van der Waals surface area contributed by atoms with Gasteiger partial charge in [0.1, 0.15) is 0 Å². The zero-order valence-electron chi connectivity index (χ0n) is 10.7. The van der Waals surface area contributed by atoms with Crippen molar-refractivity contribution in [2.45, 2.75) is 25.8 Å². The second-order valence-corrected chi connectivity index (χ2v) is 5.66. The van der Waals surface area contributed by atoms with Crippen molar-refractivity contribution < 1.29 is 0 Å². The Morgan fingerprint density at radius 2 is 2.35 bits per heavy atom. The van der Waals surface area contributed by atoms with Gasteiger partial charge in [-0.05, 0) is 13.5 Å². The van der Waals surface area contributed by atoms with Gasteiger partial charge in [0.15, 0.2) is 5.13 Å². The molecule has 4 nitrogen and oxygen atoms in total. The number of rotatable bonds is 4. The molecule has 1 aromatic heterocycles. The van der Waals surface area contributed by atoms with Gasteiger partial charge in [-0.15, -0.1) is 11.3 Å². The third kappa shape index (κ3) is 3.40. The van der Waals surface area contributed by atoms with Gasteiger partial charge in [-0.1, -0.05) is 6.92 Å². The van der Waals surface area contributed by atoms with Gasteiger partial charge in [-0.3, -0.25) is 0 Å². The maximum atomic E-state index is 5.64. The number of piperazine rings is 1. The van der Waals surface area contributed by atoms with Gasteiger partial charge < -0.3 is 15.5 Å². The van der Waals surface area contributed by atoms with Crippen LogP contribution in [0.2, 0.25) is 0 Å². The van der Waals surface area contributed by atoms with E-state index >= 15 is 0 Å². The Labute approximate surface area is 107 Å². The lowest BCUT2D eigenvalue weighted by molar-refractivity contribution is 0.0940. The maximum absolute atomic E-state index is 5.64. The van der Waals surface area contributed by atoms with Crippen LogP contribution in [-0.4, -0.2) is 54.1 Å². The second kappa shape index (κ2) is 5.80. The smallest absolute Gasteiger partial charge is 0.180 e. The van der Waals surface area contributed by atoms with E-state index in [0.717, 1.165) is 18.7 Å². The Morgan fingerprint density at radius 1 is 1.53 bits per heavy atom. The largest absolute Gasteiger partial charge is 0.375 e. The van der Waals surface area contributed by atoms with Crippen LogP contribution in [0.15, 0.2) is 5.38 Å². The zero-order chi connectivity index (χ0) is 12.3. The Kier molecular flexibility index (Phi) is 4.36. The molecule has 17 heavy (non-hydrogen) atoms. The highest BCUT2D eigenvalue weighted by Gasteiger charge is 2.22. The first-order valence-corrected chi connectivity index (χ1v) is 7.19. The highest BCUT2D eigenvalue weighted by atomic mass is 32.1. The van der Waals surface area contributed by atoms with Gasteiger partial charge in [0.25, 0.3) is 0 Å². The fourth-order valence-corrected chi connectivity index (χ4v) is 2.96. The molecule has 0 aromatic carbocycles. The van der Waals surface area contributed by atoms with Gasteiger partial charge in [0, 0.05) is 44.0 Å². The lowest BCUT2D eigenvalue weighted by Crippen LogP contribution is -2.51. The number of likely N-dealkylation sites (N-methyl/N-ethyl adjacent to an activating group) is 1. The molecular formula is C12H22N4S. The molecule has 0 radical (unpaired) electrons. The van der Waals surface area contributed by atoms with Crippen LogP contribution in [0.3, 0.4) is 0 Å². The van der Waals surface area contributed by atoms with E-state index in [9.17, 15) is 0 Å². The molecule has 0 amide bonds. The highest BCUT2D eigenvalue weighted by Crippen LogP contribution is 2.14. The predicted molar refractivity (Wildman–Crippen MR) is 73.4 cm³/mol. The quantitative estimate of drug-likeness (QED) is 0.879. The van der Waals surface area contributed by atoms with Crippen LogP contribution in [0.5, 0.6) is 0 Å². The van der Waals surface area contributed by atoms with Crippen LogP contribution in [0.4, 0.5) is 5.13 Å². The fourth-order valence-electron chi connectivity index (χ4n) is 2.36. The van der Waals surface area contributed by atoms with Crippen molar-refractivity contribution >= 4 is 16.5 Å². The van der Waals surface area contributed by atoms with Crippen molar-refractivity contribution in [1.82, 2.24) is 14.8 Å². The van der Waals surface area contributed by atoms with Crippen molar-refractivity contribution in [2.75, 3.05) is 39.0 Å². The zero-order valence-corrected chi connectivity index (χ0v) is 11.5. The summed E-state index contributed by atoms with van der Waals surface area (Å²) < 4.78 is 0. The van der Waals surface area contributed by atoms with Crippen LogP contribution in [0.1, 0.15) is 19.0 Å². The van der Waals surface area contributed by atoms with Crippen molar-refractivity contribution in [3.8, 4) is 0 Å². The van der Waals surface area contributed by atoms with Crippen molar-refractivity contribution in [3.05, 3.63) is 11.1 Å². The summed E-state index contributed by atoms with van der Waals surface area (Å²) in [5.74, 6) is 0. The average Bonchev–Trinajstić information content (AvgIpc) is 2.74. The summed E-state index contributed by atoms with van der Waals surface area (Å²) in [5.41, 5.74) is 6.77. The number of hydrogen-bond donors (Lipinski definition) is 1. The Hall–Kier alpha value is -0.650. The van der Waals surface area contributed by atoms with E-state index < -0.39 is 0 Å². The van der Waals surface area contributed by atoms with E-state index in [2.05, 4.69) is 34.1 Å². The SMILES string of the molecule is CCC1CN(CCc2csc(N)n2)CCN1C. The van der Waals surface area contributed by atoms with E-state index in [1.165, 1.54) is 37.4 Å². The summed E-state index contributed by atoms with van der Waals surface area (Å²) in [6.45, 7) is 6.91. The molecule has 2 N–H and O–H groups in total. The van der Waals surface area contributed by atoms with Gasteiger partial charge in [0.2, 0.25) is 0 Å². The third-order valence-corrected chi connectivity index (χ3v) is 4.31. The first-order chi connectivity index (χ1) is 8.19. The molecule has 96 valence electrons. The molecule has 2 rings (SSSR count). The molecule has 1 aliphatic rings. The molecule has 0 aliphatic carbocycles. The molecule has 1 aromatic rings. The minimum absolute atomic E-state index is 0.685. The minimum Gasteiger partial charge on any atom is -0.375 e. The van der Waals surface area contributed by atoms with Crippen LogP contribution in [0, 0.1) is 0 Å². The van der Waals surface area contributed by atoms with Crippen LogP contribution < -0.4 is 5.73 Å². The predicted octanol–water partition coefficient (Wildman–Crippen LogP) is 1.29. The number of nitrogens with zero attached hydrogens (tertiary/aromatic N) is 3. The number of anilines is 1. The highest BCUT2D eigenvalue weighted by molar-refractivity contribution is 7.13. The van der Waals surface area contributed by atoms with E-state index in [4.69, 9.17) is 5.73 Å². The normalized spacial score (nSPS) is 23.1. The number of nitrogen functional groups attached to an aromatic ring is 1. The maximum Gasteiger partial charge on any atom is 0.180 e. The summed E-state index contributed by atoms with van der Waals surface area (Å²) in [4.78, 5) is 9.32. The molecule has 5 heteroatoms. The second-order valence-electron chi connectivity index (χ2n) is 4.77. The standard InChI is InChI=1S/C12H22N4S/c1-3-11-8-16(7-6-15(11)2)5-4-10-9-17-12(13)14-10/h9,11H,3-8H2,1-2H3,(H2,13,14). The third-order valence-electron chi connectivity index (χ3n) is 3.59. The number of aromatic nitrogens is 1. The summed E-state index contributed by atoms with van der Waals surface area (Å²) in [6.07, 6.45) is 2.25.